The molecule has 192 valence electrons. The van der Waals surface area contributed by atoms with Crippen LogP contribution in [-0.2, 0) is 23.8 Å². The lowest BCUT2D eigenvalue weighted by molar-refractivity contribution is -0.242. The van der Waals surface area contributed by atoms with Crippen LogP contribution in [-0.4, -0.2) is 63.7 Å². The molecule has 33 heavy (non-hydrogen) atoms. The average Bonchev–Trinajstić information content (AvgIpc) is 2.78. The first-order valence-corrected chi connectivity index (χ1v) is 12.6. The van der Waals surface area contributed by atoms with Crippen LogP contribution in [0, 0.1) is 22.7 Å². The fourth-order valence-electron chi connectivity index (χ4n) is 4.25. The van der Waals surface area contributed by atoms with Crippen molar-refractivity contribution in [2.45, 2.75) is 85.0 Å². The Morgan fingerprint density at radius 3 is 2.39 bits per heavy atom. The van der Waals surface area contributed by atoms with Crippen molar-refractivity contribution in [3.05, 3.63) is 4.91 Å². The Morgan fingerprint density at radius 2 is 1.76 bits per heavy atom. The van der Waals surface area contributed by atoms with Crippen LogP contribution in [0.1, 0.15) is 72.6 Å². The van der Waals surface area contributed by atoms with Gasteiger partial charge in [0.2, 0.25) is 11.8 Å². The van der Waals surface area contributed by atoms with E-state index in [1.54, 1.807) is 0 Å². The van der Waals surface area contributed by atoms with Gasteiger partial charge in [-0.2, -0.15) is 4.91 Å². The first kappa shape index (κ1) is 29.5. The monoisotopic (exact) mass is 471 g/mol. The lowest BCUT2D eigenvalue weighted by atomic mass is 9.77. The van der Waals surface area contributed by atoms with Crippen LogP contribution >= 0.6 is 0 Å². The van der Waals surface area contributed by atoms with Crippen LogP contribution in [0.5, 0.6) is 0 Å². The molecule has 1 heterocycles. The Hall–Kier alpha value is -1.58. The highest BCUT2D eigenvalue weighted by molar-refractivity contribution is 5.76. The number of nitroso groups, excluding NO2 is 1. The highest BCUT2D eigenvalue weighted by atomic mass is 16.7. The normalized spacial score (nSPS) is 23.6. The van der Waals surface area contributed by atoms with Crippen LogP contribution in [0.4, 0.5) is 0 Å². The maximum Gasteiger partial charge on any atom is 0.222 e. The summed E-state index contributed by atoms with van der Waals surface area (Å²) in [4.78, 5) is 34.2. The van der Waals surface area contributed by atoms with Crippen molar-refractivity contribution >= 4 is 11.8 Å². The van der Waals surface area contributed by atoms with Crippen molar-refractivity contribution in [1.82, 2.24) is 10.6 Å². The van der Waals surface area contributed by atoms with Crippen molar-refractivity contribution in [1.29, 1.82) is 0 Å². The van der Waals surface area contributed by atoms with Crippen LogP contribution < -0.4 is 10.6 Å². The molecule has 0 radical (unpaired) electrons. The Balaban J connectivity index is 2.18. The SMILES string of the molecule is CCOCCC(=O)NCCCNC(=O)CCCCOC1OC(CN=O)CC(C)C1C(C)CC. The molecule has 0 bridgehead atoms. The number of carbonyl (C=O) groups excluding carboxylic acids is 2. The second-order valence-electron chi connectivity index (χ2n) is 8.94. The lowest BCUT2D eigenvalue weighted by Gasteiger charge is -2.42. The van der Waals surface area contributed by atoms with Gasteiger partial charge in [-0.1, -0.05) is 32.4 Å². The molecule has 9 heteroatoms. The Labute approximate surface area is 199 Å². The summed E-state index contributed by atoms with van der Waals surface area (Å²) in [6, 6.07) is 0. The van der Waals surface area contributed by atoms with Gasteiger partial charge in [-0.15, -0.1) is 0 Å². The third kappa shape index (κ3) is 12.5. The summed E-state index contributed by atoms with van der Waals surface area (Å²) < 4.78 is 17.3. The van der Waals surface area contributed by atoms with Crippen molar-refractivity contribution in [2.24, 2.45) is 22.9 Å². The number of hydrogen-bond acceptors (Lipinski definition) is 7. The Bertz CT molecular complexity index is 562. The van der Waals surface area contributed by atoms with Crippen LogP contribution in [0.25, 0.3) is 0 Å². The zero-order valence-electron chi connectivity index (χ0n) is 21.0. The number of nitrogens with zero attached hydrogens (tertiary/aromatic N) is 1. The zero-order chi connectivity index (χ0) is 24.5. The molecule has 0 aromatic carbocycles. The van der Waals surface area contributed by atoms with Gasteiger partial charge in [-0.25, -0.2) is 0 Å². The fraction of sp³-hybridized carbons (Fsp3) is 0.917. The molecule has 0 aromatic heterocycles. The number of ether oxygens (including phenoxy) is 3. The third-order valence-electron chi connectivity index (χ3n) is 6.27. The molecule has 9 nitrogen and oxygen atoms in total. The molecule has 0 aromatic rings. The lowest BCUT2D eigenvalue weighted by Crippen LogP contribution is -2.45. The van der Waals surface area contributed by atoms with E-state index in [1.807, 2.05) is 6.92 Å². The summed E-state index contributed by atoms with van der Waals surface area (Å²) in [5.41, 5.74) is 0. The molecule has 1 aliphatic rings. The van der Waals surface area contributed by atoms with E-state index in [2.05, 4.69) is 36.6 Å². The van der Waals surface area contributed by atoms with Gasteiger partial charge in [0.15, 0.2) is 6.29 Å². The number of rotatable bonds is 18. The van der Waals surface area contributed by atoms with E-state index >= 15 is 0 Å². The number of carbonyl (C=O) groups is 2. The summed E-state index contributed by atoms with van der Waals surface area (Å²) in [5.74, 6) is 1.15. The van der Waals surface area contributed by atoms with Crippen molar-refractivity contribution in [2.75, 3.05) is 39.5 Å². The van der Waals surface area contributed by atoms with Crippen molar-refractivity contribution < 1.29 is 23.8 Å². The van der Waals surface area contributed by atoms with E-state index in [9.17, 15) is 14.5 Å². The second kappa shape index (κ2) is 17.8. The van der Waals surface area contributed by atoms with Crippen LogP contribution in [0.15, 0.2) is 5.18 Å². The zero-order valence-corrected chi connectivity index (χ0v) is 21.0. The molecule has 1 saturated heterocycles. The Morgan fingerprint density at radius 1 is 1.06 bits per heavy atom. The molecule has 2 amide bonds. The highest BCUT2D eigenvalue weighted by Gasteiger charge is 2.39. The van der Waals surface area contributed by atoms with Crippen molar-refractivity contribution in [3.8, 4) is 0 Å². The predicted molar refractivity (Wildman–Crippen MR) is 128 cm³/mol. The van der Waals surface area contributed by atoms with Gasteiger partial charge in [-0.3, -0.25) is 9.59 Å². The molecule has 1 aliphatic heterocycles. The first-order chi connectivity index (χ1) is 15.9. The molecule has 0 saturated carbocycles. The molecular formula is C24H45N3O6. The second-order valence-corrected chi connectivity index (χ2v) is 8.94. The molecule has 0 aliphatic carbocycles. The van der Waals surface area contributed by atoms with Gasteiger partial charge in [0.05, 0.1) is 12.7 Å². The smallest absolute Gasteiger partial charge is 0.222 e. The van der Waals surface area contributed by atoms with E-state index in [1.165, 1.54) is 0 Å². The van der Waals surface area contributed by atoms with Crippen LogP contribution in [0.2, 0.25) is 0 Å². The maximum absolute atomic E-state index is 12.0. The average molecular weight is 472 g/mol. The van der Waals surface area contributed by atoms with Crippen LogP contribution in [0.3, 0.4) is 0 Å². The molecular weight excluding hydrogens is 426 g/mol. The molecule has 1 fully saturated rings. The molecule has 5 unspecified atom stereocenters. The summed E-state index contributed by atoms with van der Waals surface area (Å²) in [6.07, 6.45) is 4.37. The quantitative estimate of drug-likeness (QED) is 0.234. The number of unbranched alkanes of at least 4 members (excludes halogenated alkanes) is 1. The topological polar surface area (TPSA) is 115 Å². The van der Waals surface area contributed by atoms with Gasteiger partial charge in [0.25, 0.3) is 0 Å². The van der Waals surface area contributed by atoms with E-state index in [0.717, 1.165) is 25.7 Å². The minimum Gasteiger partial charge on any atom is -0.381 e. The highest BCUT2D eigenvalue weighted by Crippen LogP contribution is 2.37. The summed E-state index contributed by atoms with van der Waals surface area (Å²) in [7, 11) is 0. The Kier molecular flexibility index (Phi) is 15.9. The summed E-state index contributed by atoms with van der Waals surface area (Å²) >= 11 is 0. The number of hydrogen-bond donors (Lipinski definition) is 2. The number of amides is 2. The maximum atomic E-state index is 12.0. The van der Waals surface area contributed by atoms with Gasteiger partial charge in [0, 0.05) is 45.1 Å². The van der Waals surface area contributed by atoms with Gasteiger partial charge in [-0.05, 0) is 44.4 Å². The molecule has 5 atom stereocenters. The first-order valence-electron chi connectivity index (χ1n) is 12.6. The van der Waals surface area contributed by atoms with E-state index in [-0.39, 0.29) is 30.8 Å². The fourth-order valence-corrected chi connectivity index (χ4v) is 4.25. The van der Waals surface area contributed by atoms with Gasteiger partial charge in [0.1, 0.15) is 6.54 Å². The molecule has 2 N–H and O–H groups in total. The molecule has 0 spiro atoms. The van der Waals surface area contributed by atoms with Gasteiger partial charge >= 0.3 is 0 Å². The van der Waals surface area contributed by atoms with Crippen molar-refractivity contribution in [3.63, 3.8) is 0 Å². The standard InChI is InChI=1S/C24H45N3O6/c1-5-18(3)23-19(4)16-20(17-27-30)33-24(23)32-14-8-7-10-21(28)25-12-9-13-26-22(29)11-15-31-6-2/h18-20,23-24H,5-17H2,1-4H3,(H,25,28)(H,26,29). The minimum atomic E-state index is -0.326. The van der Waals surface area contributed by atoms with E-state index < -0.39 is 0 Å². The largest absolute Gasteiger partial charge is 0.381 e. The predicted octanol–water partition coefficient (Wildman–Crippen LogP) is 3.40. The third-order valence-corrected chi connectivity index (χ3v) is 6.27. The molecule has 1 rings (SSSR count). The summed E-state index contributed by atoms with van der Waals surface area (Å²) in [6.45, 7) is 11.3. The number of nitrogens with one attached hydrogen (secondary N) is 2. The van der Waals surface area contributed by atoms with E-state index in [4.69, 9.17) is 14.2 Å². The van der Waals surface area contributed by atoms with E-state index in [0.29, 0.717) is 69.9 Å². The minimum absolute atomic E-state index is 0.00909. The van der Waals surface area contributed by atoms with Gasteiger partial charge < -0.3 is 24.8 Å². The summed E-state index contributed by atoms with van der Waals surface area (Å²) in [5, 5.41) is 8.70.